The lowest BCUT2D eigenvalue weighted by atomic mass is 9.95. The van der Waals surface area contributed by atoms with Crippen LogP contribution in [0.3, 0.4) is 0 Å². The number of likely N-dealkylation sites (tertiary alicyclic amines) is 1. The number of rotatable bonds is 17. The van der Waals surface area contributed by atoms with Crippen LogP contribution in [0, 0.1) is 6.92 Å². The van der Waals surface area contributed by atoms with E-state index in [-0.39, 0.29) is 11.3 Å². The third-order valence-electron chi connectivity index (χ3n) is 7.73. The van der Waals surface area contributed by atoms with E-state index in [4.69, 9.17) is 0 Å². The summed E-state index contributed by atoms with van der Waals surface area (Å²) in [6.07, 6.45) is 17.8. The fourth-order valence-electron chi connectivity index (χ4n) is 5.44. The van der Waals surface area contributed by atoms with Crippen molar-refractivity contribution in [3.8, 4) is 0 Å². The Labute approximate surface area is 230 Å². The predicted octanol–water partition coefficient (Wildman–Crippen LogP) is 8.90. The Balaban J connectivity index is 1.49. The Morgan fingerprint density at radius 1 is 0.711 bits per heavy atom. The minimum Gasteiger partial charge on any atom is -0.507 e. The van der Waals surface area contributed by atoms with Gasteiger partial charge >= 0.3 is 0 Å². The fourth-order valence-corrected chi connectivity index (χ4v) is 5.44. The molecule has 0 spiro atoms. The first-order valence-corrected chi connectivity index (χ1v) is 14.9. The van der Waals surface area contributed by atoms with Gasteiger partial charge in [-0.2, -0.15) is 0 Å². The molecule has 1 fully saturated rings. The molecule has 0 bridgehead atoms. The second-order valence-corrected chi connectivity index (χ2v) is 10.9. The summed E-state index contributed by atoms with van der Waals surface area (Å²) in [4.78, 5) is 27.9. The summed E-state index contributed by atoms with van der Waals surface area (Å²) in [7, 11) is 0. The van der Waals surface area contributed by atoms with Crippen molar-refractivity contribution in [2.75, 3.05) is 6.54 Å². The molecule has 0 aliphatic carbocycles. The number of aryl methyl sites for hydroxylation is 1. The Kier molecular flexibility index (Phi) is 12.6. The molecule has 0 saturated carbocycles. The minimum absolute atomic E-state index is 0.0966. The standard InChI is InChI=1S/C34H47NO3/c1-3-4-5-6-7-8-9-10-11-12-13-14-15-19-26-35-31(28-20-17-16-18-21-28)30(33(37)34(35)38)32(36)29-24-22-27(2)23-25-29/h16-18,20-25,31,36H,3-15,19,26H2,1-2H3/b32-30+/t31-/m0/s1. The fraction of sp³-hybridized carbons (Fsp3) is 0.529. The van der Waals surface area contributed by atoms with Gasteiger partial charge in [0.1, 0.15) is 5.76 Å². The van der Waals surface area contributed by atoms with E-state index in [0.717, 1.165) is 30.4 Å². The smallest absolute Gasteiger partial charge is 0.295 e. The molecule has 4 heteroatoms. The SMILES string of the molecule is CCCCCCCCCCCCCCCCN1C(=O)C(=O)/C(=C(/O)c2ccc(C)cc2)[C@@H]1c1ccccc1. The molecule has 206 valence electrons. The van der Waals surface area contributed by atoms with Crippen LogP contribution in [0.4, 0.5) is 0 Å². The van der Waals surface area contributed by atoms with Crippen LogP contribution in [0.25, 0.3) is 5.76 Å². The highest BCUT2D eigenvalue weighted by molar-refractivity contribution is 6.46. The average molecular weight is 518 g/mol. The van der Waals surface area contributed by atoms with E-state index in [2.05, 4.69) is 6.92 Å². The highest BCUT2D eigenvalue weighted by Crippen LogP contribution is 2.39. The van der Waals surface area contributed by atoms with Gasteiger partial charge in [-0.05, 0) is 18.9 Å². The molecule has 1 heterocycles. The van der Waals surface area contributed by atoms with E-state index in [1.54, 1.807) is 17.0 Å². The van der Waals surface area contributed by atoms with Gasteiger partial charge in [-0.1, -0.05) is 151 Å². The van der Waals surface area contributed by atoms with Crippen molar-refractivity contribution in [2.24, 2.45) is 0 Å². The van der Waals surface area contributed by atoms with Gasteiger partial charge in [0.25, 0.3) is 11.7 Å². The molecule has 2 aromatic rings. The molecule has 2 aromatic carbocycles. The quantitative estimate of drug-likeness (QED) is 0.0986. The van der Waals surface area contributed by atoms with E-state index in [1.807, 2.05) is 49.4 Å². The number of carbonyl (C=O) groups excluding carboxylic acids is 2. The third-order valence-corrected chi connectivity index (χ3v) is 7.73. The normalized spacial score (nSPS) is 16.9. The number of unbranched alkanes of at least 4 members (excludes halogenated alkanes) is 13. The number of aliphatic hydroxyl groups excluding tert-OH is 1. The maximum atomic E-state index is 13.1. The number of Topliss-reactive ketones (excluding diaryl/α,β-unsaturated/α-hetero) is 1. The molecule has 38 heavy (non-hydrogen) atoms. The summed E-state index contributed by atoms with van der Waals surface area (Å²) in [6, 6.07) is 16.4. The lowest BCUT2D eigenvalue weighted by molar-refractivity contribution is -0.139. The zero-order chi connectivity index (χ0) is 27.2. The molecule has 0 aromatic heterocycles. The van der Waals surface area contributed by atoms with Crippen molar-refractivity contribution < 1.29 is 14.7 Å². The lowest BCUT2D eigenvalue weighted by Crippen LogP contribution is -2.30. The molecule has 0 radical (unpaired) electrons. The summed E-state index contributed by atoms with van der Waals surface area (Å²) in [6.45, 7) is 4.76. The van der Waals surface area contributed by atoms with Crippen LogP contribution < -0.4 is 0 Å². The maximum Gasteiger partial charge on any atom is 0.295 e. The van der Waals surface area contributed by atoms with Crippen LogP contribution in [-0.2, 0) is 9.59 Å². The highest BCUT2D eigenvalue weighted by Gasteiger charge is 2.45. The van der Waals surface area contributed by atoms with Gasteiger partial charge in [0.15, 0.2) is 0 Å². The van der Waals surface area contributed by atoms with Crippen molar-refractivity contribution in [3.63, 3.8) is 0 Å². The number of hydrogen-bond donors (Lipinski definition) is 1. The molecular formula is C34H47NO3. The van der Waals surface area contributed by atoms with E-state index in [9.17, 15) is 14.7 Å². The summed E-state index contributed by atoms with van der Waals surface area (Å²) in [5, 5.41) is 11.1. The average Bonchev–Trinajstić information content (AvgIpc) is 3.18. The Bertz CT molecular complexity index is 1030. The number of carbonyl (C=O) groups is 2. The van der Waals surface area contributed by atoms with Crippen LogP contribution in [0.2, 0.25) is 0 Å². The molecule has 1 amide bonds. The molecule has 1 aliphatic rings. The molecule has 3 rings (SSSR count). The van der Waals surface area contributed by atoms with Gasteiger partial charge in [-0.25, -0.2) is 0 Å². The first-order chi connectivity index (χ1) is 18.5. The van der Waals surface area contributed by atoms with Crippen molar-refractivity contribution in [2.45, 2.75) is 110 Å². The molecule has 1 aliphatic heterocycles. The number of ketones is 1. The highest BCUT2D eigenvalue weighted by atomic mass is 16.3. The van der Waals surface area contributed by atoms with Gasteiger partial charge < -0.3 is 10.0 Å². The van der Waals surface area contributed by atoms with Crippen molar-refractivity contribution in [1.82, 2.24) is 4.90 Å². The Morgan fingerprint density at radius 2 is 1.21 bits per heavy atom. The van der Waals surface area contributed by atoms with E-state index in [1.165, 1.54) is 70.6 Å². The second kappa shape index (κ2) is 16.2. The van der Waals surface area contributed by atoms with Gasteiger partial charge in [0.2, 0.25) is 0 Å². The van der Waals surface area contributed by atoms with E-state index < -0.39 is 17.7 Å². The first kappa shape index (κ1) is 29.7. The van der Waals surface area contributed by atoms with Crippen LogP contribution in [0.5, 0.6) is 0 Å². The number of amides is 1. The van der Waals surface area contributed by atoms with Gasteiger partial charge in [-0.3, -0.25) is 9.59 Å². The Hall–Kier alpha value is -2.88. The zero-order valence-electron chi connectivity index (χ0n) is 23.6. The van der Waals surface area contributed by atoms with Crippen molar-refractivity contribution >= 4 is 17.4 Å². The summed E-state index contributed by atoms with van der Waals surface area (Å²) < 4.78 is 0. The van der Waals surface area contributed by atoms with Crippen molar-refractivity contribution in [3.05, 3.63) is 76.9 Å². The number of nitrogens with zero attached hydrogens (tertiary/aromatic N) is 1. The molecule has 1 N–H and O–H groups in total. The molecule has 1 atom stereocenters. The first-order valence-electron chi connectivity index (χ1n) is 14.9. The maximum absolute atomic E-state index is 13.1. The third kappa shape index (κ3) is 8.58. The Morgan fingerprint density at radius 3 is 1.74 bits per heavy atom. The van der Waals surface area contributed by atoms with Crippen LogP contribution in [0.1, 0.15) is 120 Å². The van der Waals surface area contributed by atoms with Crippen molar-refractivity contribution in [1.29, 1.82) is 0 Å². The number of benzene rings is 2. The zero-order valence-corrected chi connectivity index (χ0v) is 23.6. The van der Waals surface area contributed by atoms with Gasteiger partial charge in [0.05, 0.1) is 11.6 Å². The predicted molar refractivity (Wildman–Crippen MR) is 157 cm³/mol. The molecule has 1 saturated heterocycles. The number of hydrogen-bond acceptors (Lipinski definition) is 3. The lowest BCUT2D eigenvalue weighted by Gasteiger charge is -2.25. The van der Waals surface area contributed by atoms with E-state index >= 15 is 0 Å². The van der Waals surface area contributed by atoms with Crippen LogP contribution >= 0.6 is 0 Å². The van der Waals surface area contributed by atoms with Crippen LogP contribution in [0.15, 0.2) is 60.2 Å². The topological polar surface area (TPSA) is 57.6 Å². The molecule has 4 nitrogen and oxygen atoms in total. The summed E-state index contributed by atoms with van der Waals surface area (Å²) in [5.74, 6) is -1.20. The van der Waals surface area contributed by atoms with Gasteiger partial charge in [0, 0.05) is 12.1 Å². The monoisotopic (exact) mass is 517 g/mol. The summed E-state index contributed by atoms with van der Waals surface area (Å²) >= 11 is 0. The molecular weight excluding hydrogens is 470 g/mol. The number of aliphatic hydroxyl groups is 1. The minimum atomic E-state index is -0.595. The second-order valence-electron chi connectivity index (χ2n) is 10.9. The largest absolute Gasteiger partial charge is 0.507 e. The molecule has 0 unspecified atom stereocenters. The van der Waals surface area contributed by atoms with Gasteiger partial charge in [-0.15, -0.1) is 0 Å². The van der Waals surface area contributed by atoms with E-state index in [0.29, 0.717) is 12.1 Å². The summed E-state index contributed by atoms with van der Waals surface area (Å²) in [5.41, 5.74) is 2.67. The van der Waals surface area contributed by atoms with Crippen LogP contribution in [-0.4, -0.2) is 28.2 Å².